The van der Waals surface area contributed by atoms with Crippen LogP contribution in [0.2, 0.25) is 0 Å². The van der Waals surface area contributed by atoms with E-state index in [1.165, 1.54) is 0 Å². The molecule has 10 nitrogen and oxygen atoms in total. The van der Waals surface area contributed by atoms with E-state index in [0.717, 1.165) is 49.2 Å². The number of fused-ring (bicyclic) bond motifs is 3. The monoisotopic (exact) mass is 584 g/mol. The highest BCUT2D eigenvalue weighted by molar-refractivity contribution is 5.80. The summed E-state index contributed by atoms with van der Waals surface area (Å²) in [4.78, 5) is 18.4. The molecule has 3 N–H and O–H groups in total. The van der Waals surface area contributed by atoms with E-state index in [2.05, 4.69) is 11.0 Å². The maximum atomic E-state index is 14.1. The van der Waals surface area contributed by atoms with Crippen LogP contribution in [0.25, 0.3) is 0 Å². The number of ether oxygens (including phenoxy) is 4. The first kappa shape index (κ1) is 29.4. The molecule has 1 saturated heterocycles. The second kappa shape index (κ2) is 11.1. The Bertz CT molecular complexity index is 1250. The summed E-state index contributed by atoms with van der Waals surface area (Å²) >= 11 is 0. The summed E-state index contributed by atoms with van der Waals surface area (Å²) in [6, 6.07) is 4.07. The highest BCUT2D eigenvalue weighted by Gasteiger charge is 2.59. The molecular formula is C32H44N2O8. The van der Waals surface area contributed by atoms with Crippen LogP contribution >= 0.6 is 0 Å². The molecule has 1 fully saturated rings. The second-order valence-corrected chi connectivity index (χ2v) is 13.1. The lowest BCUT2D eigenvalue weighted by molar-refractivity contribution is -0.180. The Morgan fingerprint density at radius 3 is 2.60 bits per heavy atom. The van der Waals surface area contributed by atoms with Crippen molar-refractivity contribution >= 4 is 5.97 Å². The van der Waals surface area contributed by atoms with Crippen LogP contribution in [0.1, 0.15) is 69.4 Å². The van der Waals surface area contributed by atoms with Gasteiger partial charge in [-0.05, 0) is 88.3 Å². The van der Waals surface area contributed by atoms with Crippen LogP contribution in [0.4, 0.5) is 0 Å². The van der Waals surface area contributed by atoms with Crippen LogP contribution in [0.5, 0.6) is 11.5 Å². The molecular weight excluding hydrogens is 540 g/mol. The van der Waals surface area contributed by atoms with Crippen molar-refractivity contribution in [1.82, 2.24) is 9.80 Å². The maximum Gasteiger partial charge on any atom is 0.339 e. The van der Waals surface area contributed by atoms with Gasteiger partial charge in [0.15, 0.2) is 23.2 Å². The molecule has 42 heavy (non-hydrogen) atoms. The molecule has 6 rings (SSSR count). The number of aliphatic hydroxyl groups excluding tert-OH is 1. The largest absolute Gasteiger partial charge is 0.497 e. The van der Waals surface area contributed by atoms with Crippen molar-refractivity contribution in [2.45, 2.75) is 93.8 Å². The Labute approximate surface area is 247 Å². The first-order valence-electron chi connectivity index (χ1n) is 15.2. The molecule has 4 aliphatic heterocycles. The van der Waals surface area contributed by atoms with E-state index in [0.29, 0.717) is 37.4 Å². The van der Waals surface area contributed by atoms with Gasteiger partial charge in [-0.25, -0.2) is 4.79 Å². The van der Waals surface area contributed by atoms with E-state index >= 15 is 0 Å². The highest BCUT2D eigenvalue weighted by Crippen LogP contribution is 2.55. The number of aliphatic hydroxyl groups is 3. The van der Waals surface area contributed by atoms with E-state index in [4.69, 9.17) is 18.9 Å². The van der Waals surface area contributed by atoms with Crippen LogP contribution in [-0.2, 0) is 20.7 Å². The smallest absolute Gasteiger partial charge is 0.339 e. The van der Waals surface area contributed by atoms with Gasteiger partial charge in [0.1, 0.15) is 12.0 Å². The molecule has 1 unspecified atom stereocenters. The van der Waals surface area contributed by atoms with Crippen molar-refractivity contribution in [3.05, 3.63) is 47.2 Å². The third-order valence-corrected chi connectivity index (χ3v) is 9.75. The topological polar surface area (TPSA) is 121 Å². The highest BCUT2D eigenvalue weighted by atomic mass is 16.7. The number of rotatable bonds is 10. The van der Waals surface area contributed by atoms with Gasteiger partial charge in [0.05, 0.1) is 24.2 Å². The predicted molar refractivity (Wildman–Crippen MR) is 154 cm³/mol. The lowest BCUT2D eigenvalue weighted by atomic mass is 9.77. The van der Waals surface area contributed by atoms with Gasteiger partial charge in [-0.1, -0.05) is 12.2 Å². The van der Waals surface area contributed by atoms with E-state index in [1.54, 1.807) is 25.9 Å². The van der Waals surface area contributed by atoms with Gasteiger partial charge in [0, 0.05) is 26.1 Å². The Morgan fingerprint density at radius 2 is 1.88 bits per heavy atom. The minimum absolute atomic E-state index is 0.0457. The molecule has 1 aliphatic carbocycles. The second-order valence-electron chi connectivity index (χ2n) is 13.1. The zero-order chi connectivity index (χ0) is 29.7. The molecule has 4 heterocycles. The van der Waals surface area contributed by atoms with E-state index in [-0.39, 0.29) is 25.6 Å². The van der Waals surface area contributed by atoms with Crippen LogP contribution in [0, 0.1) is 0 Å². The number of methoxy groups -OCH3 is 1. The van der Waals surface area contributed by atoms with E-state index in [9.17, 15) is 20.1 Å². The Morgan fingerprint density at radius 1 is 1.14 bits per heavy atom. The number of hydrogen-bond donors (Lipinski definition) is 3. The third-order valence-electron chi connectivity index (χ3n) is 9.75. The first-order valence-corrected chi connectivity index (χ1v) is 15.2. The minimum Gasteiger partial charge on any atom is -0.497 e. The van der Waals surface area contributed by atoms with Crippen molar-refractivity contribution in [2.75, 3.05) is 40.1 Å². The number of hydrogen-bond acceptors (Lipinski definition) is 10. The van der Waals surface area contributed by atoms with Crippen molar-refractivity contribution in [3.8, 4) is 11.5 Å². The van der Waals surface area contributed by atoms with Crippen LogP contribution in [0.3, 0.4) is 0 Å². The molecule has 230 valence electrons. The van der Waals surface area contributed by atoms with Gasteiger partial charge >= 0.3 is 5.97 Å². The summed E-state index contributed by atoms with van der Waals surface area (Å²) in [5.74, 6) is 0.915. The summed E-state index contributed by atoms with van der Waals surface area (Å²) in [5, 5.41) is 33.2. The molecule has 0 bridgehead atoms. The molecule has 0 saturated carbocycles. The molecule has 0 amide bonds. The molecule has 1 aromatic rings. The van der Waals surface area contributed by atoms with Gasteiger partial charge < -0.3 is 34.3 Å². The number of nitrogens with zero attached hydrogens (tertiary/aromatic N) is 2. The lowest BCUT2D eigenvalue weighted by Gasteiger charge is -2.40. The molecule has 5 atom stereocenters. The number of carbonyl (C=O) groups excluding carboxylic acids is 1. The van der Waals surface area contributed by atoms with E-state index < -0.39 is 35.0 Å². The van der Waals surface area contributed by atoms with Crippen molar-refractivity contribution in [2.24, 2.45) is 0 Å². The maximum absolute atomic E-state index is 14.1. The van der Waals surface area contributed by atoms with Crippen LogP contribution in [-0.4, -0.2) is 100 Å². The van der Waals surface area contributed by atoms with Crippen molar-refractivity contribution < 1.29 is 39.1 Å². The van der Waals surface area contributed by atoms with Crippen LogP contribution < -0.4 is 9.47 Å². The summed E-state index contributed by atoms with van der Waals surface area (Å²) in [6.45, 7) is 6.45. The third kappa shape index (κ3) is 5.32. The van der Waals surface area contributed by atoms with E-state index in [1.807, 2.05) is 24.3 Å². The summed E-state index contributed by atoms with van der Waals surface area (Å²) in [6.07, 6.45) is 7.57. The standard InChI is InChI=1S/C32H44N2O8/c1-30(2,37)9-6-11-32(38,19-26(35)33-12-4-5-13-33)29(36)42-28-25(39-3)18-31-10-7-14-34(31)15-8-21-16-23-24(41-20-40-23)17-22(21)27(28)31/h4-5,16-18,26-28,35,37-38H,6-15,19-20H2,1-3H3/t26?,27-,28-,31+,32-/m1/s1. The molecule has 10 heteroatoms. The molecule has 0 radical (unpaired) electrons. The fourth-order valence-electron chi connectivity index (χ4n) is 7.59. The van der Waals surface area contributed by atoms with Gasteiger partial charge in [-0.2, -0.15) is 0 Å². The molecule has 5 aliphatic rings. The van der Waals surface area contributed by atoms with Gasteiger partial charge in [-0.3, -0.25) is 9.80 Å². The number of carbonyl (C=O) groups is 1. The average molecular weight is 585 g/mol. The number of esters is 1. The average Bonchev–Trinajstić information content (AvgIpc) is 3.73. The summed E-state index contributed by atoms with van der Waals surface area (Å²) in [5.41, 5.74) is -1.14. The van der Waals surface area contributed by atoms with Gasteiger partial charge in [-0.15, -0.1) is 0 Å². The fourth-order valence-corrected chi connectivity index (χ4v) is 7.59. The molecule has 1 spiro atoms. The summed E-state index contributed by atoms with van der Waals surface area (Å²) in [7, 11) is 1.59. The number of benzene rings is 1. The fraction of sp³-hybridized carbons (Fsp3) is 0.656. The zero-order valence-corrected chi connectivity index (χ0v) is 24.9. The van der Waals surface area contributed by atoms with Gasteiger partial charge in [0.2, 0.25) is 6.79 Å². The quantitative estimate of drug-likeness (QED) is 0.280. The van der Waals surface area contributed by atoms with Crippen LogP contribution in [0.15, 0.2) is 36.1 Å². The zero-order valence-electron chi connectivity index (χ0n) is 24.9. The Hall–Kier alpha value is -2.63. The minimum atomic E-state index is -1.96. The summed E-state index contributed by atoms with van der Waals surface area (Å²) < 4.78 is 23.7. The Kier molecular flexibility index (Phi) is 7.81. The normalized spacial score (nSPS) is 28.9. The lowest BCUT2D eigenvalue weighted by Crippen LogP contribution is -2.51. The Balaban J connectivity index is 1.33. The first-order chi connectivity index (χ1) is 20.0. The SMILES string of the molecule is COC1=C[C@]23CCCN2CCc2cc4c(cc2[C@@H]3[C@@H]1OC(=O)[C@@](O)(CCCC(C)(C)O)CC(O)N1CC=CC1)OCO4. The molecule has 0 aromatic heterocycles. The van der Waals surface area contributed by atoms with Crippen molar-refractivity contribution in [3.63, 3.8) is 0 Å². The van der Waals surface area contributed by atoms with Crippen molar-refractivity contribution in [1.29, 1.82) is 0 Å². The molecule has 1 aromatic carbocycles. The predicted octanol–water partition coefficient (Wildman–Crippen LogP) is 2.60. The van der Waals surface area contributed by atoms with Gasteiger partial charge in [0.25, 0.3) is 0 Å².